The van der Waals surface area contributed by atoms with E-state index >= 15 is 0 Å². The molecule has 0 aromatic carbocycles. The van der Waals surface area contributed by atoms with E-state index in [2.05, 4.69) is 26.8 Å². The summed E-state index contributed by atoms with van der Waals surface area (Å²) < 4.78 is 0. The van der Waals surface area contributed by atoms with Gasteiger partial charge in [0.25, 0.3) is 0 Å². The van der Waals surface area contributed by atoms with E-state index in [4.69, 9.17) is 5.41 Å². The van der Waals surface area contributed by atoms with Crippen LogP contribution in [-0.2, 0) is 0 Å². The lowest BCUT2D eigenvalue weighted by Gasteiger charge is -2.22. The predicted octanol–water partition coefficient (Wildman–Crippen LogP) is 3.72. The molecule has 1 heteroatoms. The highest BCUT2D eigenvalue weighted by molar-refractivity contribution is 6.06. The molecule has 1 aliphatic rings. The van der Waals surface area contributed by atoms with Crippen LogP contribution in [0.4, 0.5) is 0 Å². The fourth-order valence-electron chi connectivity index (χ4n) is 1.51. The average molecular weight is 177 g/mol. The van der Waals surface area contributed by atoms with Crippen LogP contribution in [0, 0.1) is 10.8 Å². The fraction of sp³-hybridized carbons (Fsp3) is 0.583. The molecule has 0 radical (unpaired) electrons. The molecule has 0 bridgehead atoms. The molecule has 1 nitrogen and oxygen atoms in total. The van der Waals surface area contributed by atoms with Crippen molar-refractivity contribution in [3.63, 3.8) is 0 Å². The summed E-state index contributed by atoms with van der Waals surface area (Å²) in [6.45, 7) is 8.66. The first-order chi connectivity index (χ1) is 5.91. The van der Waals surface area contributed by atoms with Crippen molar-refractivity contribution >= 4 is 5.71 Å². The Bertz CT molecular complexity index is 274. The van der Waals surface area contributed by atoms with Gasteiger partial charge in [-0.05, 0) is 36.8 Å². The first kappa shape index (κ1) is 10.2. The van der Waals surface area contributed by atoms with Gasteiger partial charge in [0.05, 0.1) is 5.71 Å². The molecular weight excluding hydrogens is 158 g/mol. The summed E-state index contributed by atoms with van der Waals surface area (Å²) in [6, 6.07) is 0. The first-order valence-corrected chi connectivity index (χ1v) is 4.88. The molecular formula is C12H19N. The third-order valence-electron chi connectivity index (χ3n) is 2.57. The van der Waals surface area contributed by atoms with Gasteiger partial charge < -0.3 is 5.41 Å². The summed E-state index contributed by atoms with van der Waals surface area (Å²) in [4.78, 5) is 0. The Balaban J connectivity index is 2.94. The Morgan fingerprint density at radius 3 is 2.46 bits per heavy atom. The number of rotatable bonds is 0. The second-order valence-electron chi connectivity index (χ2n) is 4.76. The lowest BCUT2D eigenvalue weighted by molar-refractivity contribution is 0.484. The summed E-state index contributed by atoms with van der Waals surface area (Å²) >= 11 is 0. The van der Waals surface area contributed by atoms with Gasteiger partial charge in [0, 0.05) is 0 Å². The van der Waals surface area contributed by atoms with Gasteiger partial charge in [0.1, 0.15) is 0 Å². The Kier molecular flexibility index (Phi) is 2.74. The van der Waals surface area contributed by atoms with Crippen molar-refractivity contribution in [2.24, 2.45) is 5.41 Å². The van der Waals surface area contributed by atoms with Crippen LogP contribution in [-0.4, -0.2) is 5.71 Å². The molecule has 0 atom stereocenters. The van der Waals surface area contributed by atoms with Crippen LogP contribution in [0.15, 0.2) is 23.3 Å². The van der Waals surface area contributed by atoms with Gasteiger partial charge in [0.15, 0.2) is 0 Å². The van der Waals surface area contributed by atoms with E-state index in [1.54, 1.807) is 0 Å². The van der Waals surface area contributed by atoms with Crippen molar-refractivity contribution in [3.8, 4) is 0 Å². The zero-order chi connectivity index (χ0) is 10.1. The second kappa shape index (κ2) is 3.49. The summed E-state index contributed by atoms with van der Waals surface area (Å²) in [5, 5.41) is 7.80. The summed E-state index contributed by atoms with van der Waals surface area (Å²) in [7, 11) is 0. The molecule has 0 saturated carbocycles. The van der Waals surface area contributed by atoms with E-state index in [0.717, 1.165) is 18.4 Å². The summed E-state index contributed by atoms with van der Waals surface area (Å²) in [5.74, 6) is 0. The molecule has 1 aliphatic carbocycles. The molecule has 0 aromatic rings. The highest BCUT2D eigenvalue weighted by atomic mass is 14.4. The van der Waals surface area contributed by atoms with Gasteiger partial charge >= 0.3 is 0 Å². The largest absolute Gasteiger partial charge is 0.301 e. The van der Waals surface area contributed by atoms with Crippen LogP contribution in [0.1, 0.15) is 40.5 Å². The van der Waals surface area contributed by atoms with E-state index < -0.39 is 0 Å². The molecule has 0 saturated heterocycles. The van der Waals surface area contributed by atoms with Crippen molar-refractivity contribution in [1.82, 2.24) is 0 Å². The van der Waals surface area contributed by atoms with Crippen LogP contribution in [0.25, 0.3) is 0 Å². The smallest absolute Gasteiger partial charge is 0.0565 e. The van der Waals surface area contributed by atoms with Crippen LogP contribution in [0.3, 0.4) is 0 Å². The van der Waals surface area contributed by atoms with Crippen molar-refractivity contribution in [2.75, 3.05) is 0 Å². The molecule has 0 amide bonds. The molecule has 0 aliphatic heterocycles. The number of nitrogens with one attached hydrogen (secondary N) is 1. The normalized spacial score (nSPS) is 19.2. The standard InChI is InChI=1S/C12H19N/c1-9-6-5-7-10(8-11(9)13)12(2,3)4/h6,8,13H,5,7H2,1-4H3. The molecule has 1 N–H and O–H groups in total. The fourth-order valence-corrected chi connectivity index (χ4v) is 1.51. The van der Waals surface area contributed by atoms with Crippen molar-refractivity contribution in [2.45, 2.75) is 40.5 Å². The van der Waals surface area contributed by atoms with Gasteiger partial charge in [-0.1, -0.05) is 32.4 Å². The van der Waals surface area contributed by atoms with E-state index in [0.29, 0.717) is 5.71 Å². The molecule has 0 aromatic heterocycles. The number of hydrogen-bond acceptors (Lipinski definition) is 1. The van der Waals surface area contributed by atoms with Gasteiger partial charge in [-0.3, -0.25) is 0 Å². The Hall–Kier alpha value is -0.850. The number of hydrogen-bond donors (Lipinski definition) is 1. The third kappa shape index (κ3) is 2.55. The Morgan fingerprint density at radius 2 is 1.92 bits per heavy atom. The van der Waals surface area contributed by atoms with E-state index in [9.17, 15) is 0 Å². The molecule has 0 heterocycles. The lowest BCUT2D eigenvalue weighted by atomic mass is 9.83. The van der Waals surface area contributed by atoms with Crippen LogP contribution in [0.5, 0.6) is 0 Å². The van der Waals surface area contributed by atoms with Crippen LogP contribution >= 0.6 is 0 Å². The maximum atomic E-state index is 7.80. The minimum absolute atomic E-state index is 0.213. The second-order valence-corrected chi connectivity index (χ2v) is 4.76. The van der Waals surface area contributed by atoms with Crippen molar-refractivity contribution in [3.05, 3.63) is 23.3 Å². The minimum Gasteiger partial charge on any atom is -0.301 e. The van der Waals surface area contributed by atoms with Gasteiger partial charge in [0.2, 0.25) is 0 Å². The van der Waals surface area contributed by atoms with Gasteiger partial charge in [-0.2, -0.15) is 0 Å². The Labute approximate surface area is 81.1 Å². The van der Waals surface area contributed by atoms with Crippen molar-refractivity contribution in [1.29, 1.82) is 5.41 Å². The zero-order valence-electron chi connectivity index (χ0n) is 9.07. The van der Waals surface area contributed by atoms with Gasteiger partial charge in [-0.25, -0.2) is 0 Å². The predicted molar refractivity (Wildman–Crippen MR) is 58.3 cm³/mol. The maximum absolute atomic E-state index is 7.80. The van der Waals surface area contributed by atoms with E-state index in [1.165, 1.54) is 5.57 Å². The maximum Gasteiger partial charge on any atom is 0.0565 e. The summed E-state index contributed by atoms with van der Waals surface area (Å²) in [6.07, 6.45) is 6.39. The average Bonchev–Trinajstić information content (AvgIpc) is 2.13. The molecule has 1 rings (SSSR count). The van der Waals surface area contributed by atoms with E-state index in [1.807, 2.05) is 13.0 Å². The monoisotopic (exact) mass is 177 g/mol. The third-order valence-corrected chi connectivity index (χ3v) is 2.57. The number of allylic oxidation sites excluding steroid dienone is 4. The van der Waals surface area contributed by atoms with Crippen LogP contribution < -0.4 is 0 Å². The lowest BCUT2D eigenvalue weighted by Crippen LogP contribution is -2.10. The Morgan fingerprint density at radius 1 is 1.31 bits per heavy atom. The van der Waals surface area contributed by atoms with Crippen LogP contribution in [0.2, 0.25) is 0 Å². The summed E-state index contributed by atoms with van der Waals surface area (Å²) in [5.41, 5.74) is 3.40. The van der Waals surface area contributed by atoms with Gasteiger partial charge in [-0.15, -0.1) is 0 Å². The SMILES string of the molecule is CC1=CCCC(C(C)(C)C)=CC1=N. The topological polar surface area (TPSA) is 23.9 Å². The molecule has 0 unspecified atom stereocenters. The van der Waals surface area contributed by atoms with E-state index in [-0.39, 0.29) is 5.41 Å². The quantitative estimate of drug-likeness (QED) is 0.583. The molecule has 0 spiro atoms. The molecule has 0 fully saturated rings. The molecule has 13 heavy (non-hydrogen) atoms. The highest BCUT2D eigenvalue weighted by Crippen LogP contribution is 2.31. The molecule has 72 valence electrons. The minimum atomic E-state index is 0.213. The highest BCUT2D eigenvalue weighted by Gasteiger charge is 2.18. The van der Waals surface area contributed by atoms with Crippen molar-refractivity contribution < 1.29 is 0 Å². The zero-order valence-corrected chi connectivity index (χ0v) is 9.07. The first-order valence-electron chi connectivity index (χ1n) is 4.88.